The Hall–Kier alpha value is -2.50. The molecule has 0 aliphatic heterocycles. The quantitative estimate of drug-likeness (QED) is 0.831. The summed E-state index contributed by atoms with van der Waals surface area (Å²) in [5.41, 5.74) is 1.65. The van der Waals surface area contributed by atoms with E-state index in [4.69, 9.17) is 4.74 Å². The minimum Gasteiger partial charge on any atom is -0.466 e. The molecule has 0 bridgehead atoms. The van der Waals surface area contributed by atoms with Crippen LogP contribution in [0.2, 0.25) is 0 Å². The number of rotatable bonds is 5. The first-order chi connectivity index (χ1) is 9.72. The molecule has 0 saturated carbocycles. The molecule has 6 heteroatoms. The lowest BCUT2D eigenvalue weighted by Gasteiger charge is -2.06. The first kappa shape index (κ1) is 13.9. The van der Waals surface area contributed by atoms with Crippen molar-refractivity contribution in [2.24, 2.45) is 0 Å². The fourth-order valence-corrected chi connectivity index (χ4v) is 1.78. The van der Waals surface area contributed by atoms with Crippen molar-refractivity contribution in [1.82, 2.24) is 15.3 Å². The van der Waals surface area contributed by atoms with Crippen molar-refractivity contribution < 1.29 is 14.3 Å². The third-order valence-electron chi connectivity index (χ3n) is 2.66. The number of esters is 1. The Labute approximate surface area is 116 Å². The molecule has 1 N–H and O–H groups in total. The van der Waals surface area contributed by atoms with E-state index in [9.17, 15) is 9.59 Å². The number of nitrogens with zero attached hydrogens (tertiary/aromatic N) is 2. The van der Waals surface area contributed by atoms with Gasteiger partial charge in [-0.05, 0) is 19.1 Å². The molecule has 0 fully saturated rings. The zero-order valence-electron chi connectivity index (χ0n) is 11.1. The first-order valence-electron chi connectivity index (χ1n) is 6.36. The van der Waals surface area contributed by atoms with E-state index >= 15 is 0 Å². The lowest BCUT2D eigenvalue weighted by atomic mass is 10.1. The van der Waals surface area contributed by atoms with Crippen molar-refractivity contribution in [3.63, 3.8) is 0 Å². The highest BCUT2D eigenvalue weighted by Crippen LogP contribution is 2.13. The van der Waals surface area contributed by atoms with E-state index in [1.165, 1.54) is 6.20 Å². The lowest BCUT2D eigenvalue weighted by Crippen LogP contribution is -2.26. The van der Waals surface area contributed by atoms with Crippen molar-refractivity contribution in [2.45, 2.75) is 13.3 Å². The monoisotopic (exact) mass is 273 g/mol. The van der Waals surface area contributed by atoms with Gasteiger partial charge < -0.3 is 10.1 Å². The molecule has 0 aliphatic rings. The fraction of sp³-hybridized carbons (Fsp3) is 0.286. The molecule has 1 aromatic carbocycles. The molecule has 0 aliphatic carbocycles. The number of amides is 1. The van der Waals surface area contributed by atoms with Gasteiger partial charge in [0.05, 0.1) is 24.1 Å². The van der Waals surface area contributed by atoms with E-state index in [2.05, 4.69) is 15.3 Å². The Morgan fingerprint density at radius 3 is 2.85 bits per heavy atom. The summed E-state index contributed by atoms with van der Waals surface area (Å²) < 4.78 is 4.79. The van der Waals surface area contributed by atoms with Crippen molar-refractivity contribution >= 4 is 22.9 Å². The highest BCUT2D eigenvalue weighted by atomic mass is 16.5. The number of benzene rings is 1. The molecule has 2 rings (SSSR count). The molecular formula is C14H15N3O3. The predicted octanol–water partition coefficient (Wildman–Crippen LogP) is 1.31. The van der Waals surface area contributed by atoms with Gasteiger partial charge in [0.25, 0.3) is 5.91 Å². The second-order valence-electron chi connectivity index (χ2n) is 4.04. The summed E-state index contributed by atoms with van der Waals surface area (Å²) in [7, 11) is 0. The Morgan fingerprint density at radius 2 is 2.05 bits per heavy atom. The zero-order chi connectivity index (χ0) is 14.4. The van der Waals surface area contributed by atoms with Gasteiger partial charge in [0.15, 0.2) is 0 Å². The third-order valence-corrected chi connectivity index (χ3v) is 2.66. The normalized spacial score (nSPS) is 10.2. The summed E-state index contributed by atoms with van der Waals surface area (Å²) in [4.78, 5) is 31.5. The minimum atomic E-state index is -0.328. The molecule has 2 aromatic rings. The summed E-state index contributed by atoms with van der Waals surface area (Å²) in [6.07, 6.45) is 3.26. The van der Waals surface area contributed by atoms with Gasteiger partial charge in [0, 0.05) is 18.9 Å². The van der Waals surface area contributed by atoms with E-state index < -0.39 is 0 Å². The Balaban J connectivity index is 2.03. The van der Waals surface area contributed by atoms with Crippen LogP contribution in [0.5, 0.6) is 0 Å². The molecule has 1 aromatic heterocycles. The highest BCUT2D eigenvalue weighted by Gasteiger charge is 2.11. The summed E-state index contributed by atoms with van der Waals surface area (Å²) in [6.45, 7) is 2.31. The molecule has 1 amide bonds. The van der Waals surface area contributed by atoms with Crippen molar-refractivity contribution in [2.75, 3.05) is 13.2 Å². The van der Waals surface area contributed by atoms with E-state index in [1.54, 1.807) is 31.3 Å². The average molecular weight is 273 g/mol. The second kappa shape index (κ2) is 6.60. The molecule has 0 unspecified atom stereocenters. The van der Waals surface area contributed by atoms with Gasteiger partial charge in [-0.15, -0.1) is 0 Å². The molecular weight excluding hydrogens is 258 g/mol. The molecule has 0 atom stereocenters. The number of carbonyl (C=O) groups excluding carboxylic acids is 2. The van der Waals surface area contributed by atoms with Gasteiger partial charge in [-0.25, -0.2) is 0 Å². The van der Waals surface area contributed by atoms with Crippen LogP contribution in [0.1, 0.15) is 23.7 Å². The third kappa shape index (κ3) is 3.28. The van der Waals surface area contributed by atoms with Gasteiger partial charge in [0.2, 0.25) is 0 Å². The predicted molar refractivity (Wildman–Crippen MR) is 73.1 cm³/mol. The van der Waals surface area contributed by atoms with Gasteiger partial charge >= 0.3 is 5.97 Å². The SMILES string of the molecule is CCOC(=O)CCNC(=O)c1cccc2nccnc12. The van der Waals surface area contributed by atoms with E-state index in [1.807, 2.05) is 0 Å². The maximum atomic E-state index is 12.1. The van der Waals surface area contributed by atoms with Gasteiger partial charge in [0.1, 0.15) is 5.52 Å². The number of fused-ring (bicyclic) bond motifs is 1. The van der Waals surface area contributed by atoms with Crippen molar-refractivity contribution in [3.8, 4) is 0 Å². The molecule has 20 heavy (non-hydrogen) atoms. The lowest BCUT2D eigenvalue weighted by molar-refractivity contribution is -0.142. The summed E-state index contributed by atoms with van der Waals surface area (Å²) in [6, 6.07) is 5.21. The van der Waals surface area contributed by atoms with Crippen LogP contribution in [0.15, 0.2) is 30.6 Å². The van der Waals surface area contributed by atoms with E-state index in [0.29, 0.717) is 23.2 Å². The van der Waals surface area contributed by atoms with Crippen LogP contribution in [0.4, 0.5) is 0 Å². The van der Waals surface area contributed by atoms with E-state index in [-0.39, 0.29) is 24.8 Å². The Morgan fingerprint density at radius 1 is 1.25 bits per heavy atom. The Kier molecular flexibility index (Phi) is 4.60. The molecule has 0 radical (unpaired) electrons. The van der Waals surface area contributed by atoms with Crippen LogP contribution >= 0.6 is 0 Å². The highest BCUT2D eigenvalue weighted by molar-refractivity contribution is 6.04. The first-order valence-corrected chi connectivity index (χ1v) is 6.36. The molecule has 0 saturated heterocycles. The van der Waals surface area contributed by atoms with Gasteiger partial charge in [-0.1, -0.05) is 6.07 Å². The molecule has 1 heterocycles. The maximum Gasteiger partial charge on any atom is 0.307 e. The number of para-hydroxylation sites is 1. The van der Waals surface area contributed by atoms with Crippen LogP contribution < -0.4 is 5.32 Å². The van der Waals surface area contributed by atoms with Crippen LogP contribution in [-0.4, -0.2) is 35.0 Å². The number of nitrogens with one attached hydrogen (secondary N) is 1. The van der Waals surface area contributed by atoms with Crippen LogP contribution in [0.3, 0.4) is 0 Å². The van der Waals surface area contributed by atoms with Crippen molar-refractivity contribution in [3.05, 3.63) is 36.2 Å². The molecule has 104 valence electrons. The zero-order valence-corrected chi connectivity index (χ0v) is 11.1. The molecule has 6 nitrogen and oxygen atoms in total. The smallest absolute Gasteiger partial charge is 0.307 e. The van der Waals surface area contributed by atoms with Gasteiger partial charge in [-0.2, -0.15) is 0 Å². The maximum absolute atomic E-state index is 12.1. The molecule has 0 spiro atoms. The Bertz CT molecular complexity index is 623. The number of hydrogen-bond donors (Lipinski definition) is 1. The van der Waals surface area contributed by atoms with Crippen LogP contribution in [-0.2, 0) is 9.53 Å². The van der Waals surface area contributed by atoms with Crippen molar-refractivity contribution in [1.29, 1.82) is 0 Å². The number of hydrogen-bond acceptors (Lipinski definition) is 5. The summed E-state index contributed by atoms with van der Waals surface area (Å²) in [5, 5.41) is 2.67. The second-order valence-corrected chi connectivity index (χ2v) is 4.04. The topological polar surface area (TPSA) is 81.2 Å². The van der Waals surface area contributed by atoms with Gasteiger partial charge in [-0.3, -0.25) is 19.6 Å². The van der Waals surface area contributed by atoms with Crippen LogP contribution in [0.25, 0.3) is 11.0 Å². The average Bonchev–Trinajstić information content (AvgIpc) is 2.47. The largest absolute Gasteiger partial charge is 0.466 e. The fourth-order valence-electron chi connectivity index (χ4n) is 1.78. The summed E-state index contributed by atoms with van der Waals surface area (Å²) >= 11 is 0. The number of aromatic nitrogens is 2. The minimum absolute atomic E-state index is 0.149. The van der Waals surface area contributed by atoms with E-state index in [0.717, 1.165) is 0 Å². The van der Waals surface area contributed by atoms with Crippen LogP contribution in [0, 0.1) is 0 Å². The number of carbonyl (C=O) groups is 2. The number of ether oxygens (including phenoxy) is 1. The summed E-state index contributed by atoms with van der Waals surface area (Å²) in [5.74, 6) is -0.606. The standard InChI is InChI=1S/C14H15N3O3/c1-2-20-12(18)6-7-17-14(19)10-4-3-5-11-13(10)16-9-8-15-11/h3-5,8-9H,2,6-7H2,1H3,(H,17,19).